The molecule has 1 aromatic carbocycles. The molecule has 1 aliphatic rings. The molecule has 1 N–H and O–H groups in total. The Bertz CT molecular complexity index is 763. The standard InChI is InChI=1S/C18H21N3O2S/c1-12-16(24-13(2)19-12)17(22)20-15-9-5-4-8-14(15)18(23)21-10-6-3-7-11-21/h4-5,8-9H,3,6-7,10-11H2,1-2H3,(H,20,22). The van der Waals surface area contributed by atoms with Gasteiger partial charge in [-0.1, -0.05) is 12.1 Å². The highest BCUT2D eigenvalue weighted by atomic mass is 32.1. The lowest BCUT2D eigenvalue weighted by molar-refractivity contribution is 0.0725. The molecule has 2 amide bonds. The maximum absolute atomic E-state index is 12.8. The van der Waals surface area contributed by atoms with Crippen LogP contribution in [0.3, 0.4) is 0 Å². The maximum Gasteiger partial charge on any atom is 0.267 e. The van der Waals surface area contributed by atoms with Gasteiger partial charge in [0, 0.05) is 13.1 Å². The van der Waals surface area contributed by atoms with Gasteiger partial charge >= 0.3 is 0 Å². The van der Waals surface area contributed by atoms with Crippen LogP contribution < -0.4 is 5.32 Å². The summed E-state index contributed by atoms with van der Waals surface area (Å²) in [6.07, 6.45) is 3.26. The number of carbonyl (C=O) groups excluding carboxylic acids is 2. The average molecular weight is 343 g/mol. The van der Waals surface area contributed by atoms with Gasteiger partial charge < -0.3 is 10.2 Å². The topological polar surface area (TPSA) is 62.3 Å². The van der Waals surface area contributed by atoms with Crippen molar-refractivity contribution in [1.29, 1.82) is 0 Å². The molecule has 2 aromatic rings. The average Bonchev–Trinajstić information content (AvgIpc) is 2.94. The fourth-order valence-corrected chi connectivity index (χ4v) is 3.78. The number of rotatable bonds is 3. The van der Waals surface area contributed by atoms with E-state index < -0.39 is 0 Å². The number of para-hydroxylation sites is 1. The number of hydrogen-bond acceptors (Lipinski definition) is 4. The highest BCUT2D eigenvalue weighted by molar-refractivity contribution is 7.13. The lowest BCUT2D eigenvalue weighted by Crippen LogP contribution is -2.36. The van der Waals surface area contributed by atoms with Crippen molar-refractivity contribution < 1.29 is 9.59 Å². The summed E-state index contributed by atoms with van der Waals surface area (Å²) >= 11 is 1.37. The first kappa shape index (κ1) is 16.6. The van der Waals surface area contributed by atoms with E-state index in [1.807, 2.05) is 30.9 Å². The summed E-state index contributed by atoms with van der Waals surface area (Å²) in [5.41, 5.74) is 1.82. The Morgan fingerprint density at radius 2 is 1.83 bits per heavy atom. The minimum absolute atomic E-state index is 0.0113. The largest absolute Gasteiger partial charge is 0.339 e. The molecular formula is C18H21N3O2S. The molecule has 2 heterocycles. The van der Waals surface area contributed by atoms with Crippen molar-refractivity contribution in [2.24, 2.45) is 0 Å². The third kappa shape index (κ3) is 3.48. The van der Waals surface area contributed by atoms with Crippen LogP contribution in [0.2, 0.25) is 0 Å². The zero-order valence-corrected chi connectivity index (χ0v) is 14.8. The van der Waals surface area contributed by atoms with Gasteiger partial charge in [-0.2, -0.15) is 0 Å². The lowest BCUT2D eigenvalue weighted by Gasteiger charge is -2.27. The Labute approximate surface area is 145 Å². The molecule has 5 nitrogen and oxygen atoms in total. The molecule has 6 heteroatoms. The van der Waals surface area contributed by atoms with Crippen LogP contribution in [-0.2, 0) is 0 Å². The molecule has 1 saturated heterocycles. The van der Waals surface area contributed by atoms with Crippen molar-refractivity contribution in [1.82, 2.24) is 9.88 Å². The zero-order chi connectivity index (χ0) is 17.1. The quantitative estimate of drug-likeness (QED) is 0.925. The third-order valence-corrected chi connectivity index (χ3v) is 5.23. The van der Waals surface area contributed by atoms with Crippen molar-refractivity contribution in [3.8, 4) is 0 Å². The summed E-state index contributed by atoms with van der Waals surface area (Å²) in [6, 6.07) is 7.21. The number of thiazole rings is 1. The Hall–Kier alpha value is -2.21. The molecule has 3 rings (SSSR count). The summed E-state index contributed by atoms with van der Waals surface area (Å²) in [4.78, 5) is 32.1. The number of anilines is 1. The summed E-state index contributed by atoms with van der Waals surface area (Å²) in [6.45, 7) is 5.27. The fourth-order valence-electron chi connectivity index (χ4n) is 2.97. The van der Waals surface area contributed by atoms with Gasteiger partial charge in [0.1, 0.15) is 4.88 Å². The Balaban J connectivity index is 1.82. The van der Waals surface area contributed by atoms with Gasteiger partial charge in [0.25, 0.3) is 11.8 Å². The van der Waals surface area contributed by atoms with Crippen LogP contribution in [0, 0.1) is 13.8 Å². The van der Waals surface area contributed by atoms with Crippen LogP contribution in [0.1, 0.15) is 50.0 Å². The second kappa shape index (κ2) is 7.13. The van der Waals surface area contributed by atoms with E-state index in [-0.39, 0.29) is 11.8 Å². The number of hydrogen-bond donors (Lipinski definition) is 1. The highest BCUT2D eigenvalue weighted by Gasteiger charge is 2.22. The SMILES string of the molecule is Cc1nc(C)c(C(=O)Nc2ccccc2C(=O)N2CCCCC2)s1. The van der Waals surface area contributed by atoms with E-state index in [1.54, 1.807) is 12.1 Å². The molecule has 0 aliphatic carbocycles. The van der Waals surface area contributed by atoms with Crippen molar-refractivity contribution >= 4 is 28.8 Å². The van der Waals surface area contributed by atoms with Crippen LogP contribution in [0.5, 0.6) is 0 Å². The molecule has 0 radical (unpaired) electrons. The molecule has 126 valence electrons. The van der Waals surface area contributed by atoms with Crippen LogP contribution in [-0.4, -0.2) is 34.8 Å². The van der Waals surface area contributed by atoms with Crippen molar-refractivity contribution in [2.75, 3.05) is 18.4 Å². The van der Waals surface area contributed by atoms with Crippen LogP contribution in [0.4, 0.5) is 5.69 Å². The molecule has 1 aromatic heterocycles. The second-order valence-electron chi connectivity index (χ2n) is 6.00. The monoisotopic (exact) mass is 343 g/mol. The number of nitrogens with one attached hydrogen (secondary N) is 1. The number of amides is 2. The molecule has 0 saturated carbocycles. The Morgan fingerprint density at radius 3 is 2.50 bits per heavy atom. The van der Waals surface area contributed by atoms with Gasteiger partial charge in [-0.25, -0.2) is 4.98 Å². The number of aromatic nitrogens is 1. The number of piperidine rings is 1. The number of nitrogens with zero attached hydrogens (tertiary/aromatic N) is 2. The Morgan fingerprint density at radius 1 is 1.12 bits per heavy atom. The molecular weight excluding hydrogens is 322 g/mol. The number of benzene rings is 1. The maximum atomic E-state index is 12.8. The second-order valence-corrected chi connectivity index (χ2v) is 7.20. The van der Waals surface area contributed by atoms with Crippen LogP contribution in [0.15, 0.2) is 24.3 Å². The summed E-state index contributed by atoms with van der Waals surface area (Å²) < 4.78 is 0. The van der Waals surface area contributed by atoms with Crippen molar-refractivity contribution in [3.63, 3.8) is 0 Å². The first-order valence-electron chi connectivity index (χ1n) is 8.20. The molecule has 1 fully saturated rings. The zero-order valence-electron chi connectivity index (χ0n) is 14.0. The van der Waals surface area contributed by atoms with Crippen LogP contribution >= 0.6 is 11.3 Å². The summed E-state index contributed by atoms with van der Waals surface area (Å²) in [5.74, 6) is -0.222. The number of aryl methyl sites for hydroxylation is 2. The van der Waals surface area contributed by atoms with Gasteiger partial charge in [-0.05, 0) is 45.2 Å². The molecule has 1 aliphatic heterocycles. The molecule has 24 heavy (non-hydrogen) atoms. The fraction of sp³-hybridized carbons (Fsp3) is 0.389. The van der Waals surface area contributed by atoms with Crippen LogP contribution in [0.25, 0.3) is 0 Å². The number of likely N-dealkylation sites (tertiary alicyclic amines) is 1. The van der Waals surface area contributed by atoms with E-state index in [4.69, 9.17) is 0 Å². The van der Waals surface area contributed by atoms with E-state index in [9.17, 15) is 9.59 Å². The molecule has 0 bridgehead atoms. The predicted octanol–water partition coefficient (Wildman–Crippen LogP) is 3.64. The van der Waals surface area contributed by atoms with Gasteiger partial charge in [-0.3, -0.25) is 9.59 Å². The van der Waals surface area contributed by atoms with E-state index in [2.05, 4.69) is 10.3 Å². The van der Waals surface area contributed by atoms with Gasteiger partial charge in [0.15, 0.2) is 0 Å². The minimum Gasteiger partial charge on any atom is -0.339 e. The van der Waals surface area contributed by atoms with E-state index >= 15 is 0 Å². The Kier molecular flexibility index (Phi) is 4.94. The highest BCUT2D eigenvalue weighted by Crippen LogP contribution is 2.23. The molecule has 0 unspecified atom stereocenters. The first-order chi connectivity index (χ1) is 11.6. The van der Waals surface area contributed by atoms with E-state index in [1.165, 1.54) is 17.8 Å². The normalized spacial score (nSPS) is 14.5. The summed E-state index contributed by atoms with van der Waals surface area (Å²) in [5, 5.41) is 3.74. The third-order valence-electron chi connectivity index (χ3n) is 4.16. The lowest BCUT2D eigenvalue weighted by atomic mass is 10.1. The minimum atomic E-state index is -0.211. The summed E-state index contributed by atoms with van der Waals surface area (Å²) in [7, 11) is 0. The van der Waals surface area contributed by atoms with Gasteiger partial charge in [0.05, 0.1) is 22.0 Å². The first-order valence-corrected chi connectivity index (χ1v) is 9.01. The molecule has 0 spiro atoms. The van der Waals surface area contributed by atoms with Gasteiger partial charge in [0.2, 0.25) is 0 Å². The van der Waals surface area contributed by atoms with Crippen molar-refractivity contribution in [3.05, 3.63) is 45.4 Å². The number of carbonyl (C=O) groups is 2. The van der Waals surface area contributed by atoms with E-state index in [0.717, 1.165) is 36.6 Å². The molecule has 0 atom stereocenters. The van der Waals surface area contributed by atoms with Crippen molar-refractivity contribution in [2.45, 2.75) is 33.1 Å². The van der Waals surface area contributed by atoms with Gasteiger partial charge in [-0.15, -0.1) is 11.3 Å². The predicted molar refractivity (Wildman–Crippen MR) is 95.7 cm³/mol. The smallest absolute Gasteiger partial charge is 0.267 e. The van der Waals surface area contributed by atoms with E-state index in [0.29, 0.717) is 16.1 Å².